The predicted molar refractivity (Wildman–Crippen MR) is 64.5 cm³/mol. The number of aryl methyl sites for hydroxylation is 2. The van der Waals surface area contributed by atoms with Crippen LogP contribution in [0.25, 0.3) is 0 Å². The van der Waals surface area contributed by atoms with Gasteiger partial charge in [-0.15, -0.1) is 0 Å². The number of nitrogens with two attached hydrogens (primary N) is 1. The van der Waals surface area contributed by atoms with Crippen molar-refractivity contribution in [1.29, 1.82) is 0 Å². The quantitative estimate of drug-likeness (QED) is 0.774. The van der Waals surface area contributed by atoms with E-state index in [1.165, 1.54) is 12.8 Å². The molecule has 0 saturated heterocycles. The van der Waals surface area contributed by atoms with Gasteiger partial charge in [0, 0.05) is 19.1 Å². The van der Waals surface area contributed by atoms with Gasteiger partial charge < -0.3 is 15.7 Å². The molecule has 3 N–H and O–H groups in total. The number of nitrogen functional groups attached to an aromatic ring is 1. The molecule has 0 radical (unpaired) electrons. The molecule has 0 amide bonds. The van der Waals surface area contributed by atoms with Crippen LogP contribution < -0.4 is 10.6 Å². The molecule has 1 fully saturated rings. The van der Waals surface area contributed by atoms with Crippen LogP contribution in [0.15, 0.2) is 0 Å². The summed E-state index contributed by atoms with van der Waals surface area (Å²) in [6.07, 6.45) is 2.38. The fraction of sp³-hybridized carbons (Fsp3) is 0.727. The molecule has 0 aliphatic heterocycles. The lowest BCUT2D eigenvalue weighted by atomic mass is 10.3. The van der Waals surface area contributed by atoms with E-state index in [2.05, 4.69) is 16.9 Å². The van der Waals surface area contributed by atoms with Crippen molar-refractivity contribution in [2.75, 3.05) is 23.8 Å². The Morgan fingerprint density at radius 1 is 1.56 bits per heavy atom. The van der Waals surface area contributed by atoms with Crippen LogP contribution in [0, 0.1) is 6.92 Å². The van der Waals surface area contributed by atoms with Crippen molar-refractivity contribution in [3.63, 3.8) is 0 Å². The Morgan fingerprint density at radius 3 is 2.75 bits per heavy atom. The molecular weight excluding hydrogens is 204 g/mol. The smallest absolute Gasteiger partial charge is 0.150 e. The van der Waals surface area contributed by atoms with Gasteiger partial charge in [-0.1, -0.05) is 0 Å². The molecule has 16 heavy (non-hydrogen) atoms. The van der Waals surface area contributed by atoms with Crippen molar-refractivity contribution in [2.45, 2.75) is 39.3 Å². The average Bonchev–Trinajstić information content (AvgIpc) is 3.06. The Morgan fingerprint density at radius 2 is 2.25 bits per heavy atom. The largest absolute Gasteiger partial charge is 0.395 e. The Labute approximate surface area is 95.8 Å². The number of rotatable bonds is 5. The summed E-state index contributed by atoms with van der Waals surface area (Å²) in [5.74, 6) is 0.983. The van der Waals surface area contributed by atoms with E-state index < -0.39 is 0 Å². The van der Waals surface area contributed by atoms with Gasteiger partial charge in [0.15, 0.2) is 5.82 Å². The van der Waals surface area contributed by atoms with E-state index in [4.69, 9.17) is 10.8 Å². The molecule has 1 heterocycles. The first kappa shape index (κ1) is 11.3. The maximum Gasteiger partial charge on any atom is 0.150 e. The van der Waals surface area contributed by atoms with E-state index in [0.717, 1.165) is 23.7 Å². The van der Waals surface area contributed by atoms with Gasteiger partial charge in [0.05, 0.1) is 18.0 Å². The highest BCUT2D eigenvalue weighted by Crippen LogP contribution is 2.35. The normalized spacial score (nSPS) is 15.4. The monoisotopic (exact) mass is 224 g/mol. The van der Waals surface area contributed by atoms with Gasteiger partial charge in [0.2, 0.25) is 0 Å². The SMILES string of the molecule is CCn1nc(C)c(N)c1N(CCO)C1CC1. The van der Waals surface area contributed by atoms with Gasteiger partial charge in [-0.25, -0.2) is 4.68 Å². The van der Waals surface area contributed by atoms with Crippen LogP contribution >= 0.6 is 0 Å². The highest BCUT2D eigenvalue weighted by atomic mass is 16.3. The first-order chi connectivity index (χ1) is 7.69. The molecule has 0 spiro atoms. The van der Waals surface area contributed by atoms with Crippen molar-refractivity contribution in [2.24, 2.45) is 0 Å². The molecule has 1 aliphatic rings. The van der Waals surface area contributed by atoms with E-state index in [0.29, 0.717) is 12.6 Å². The van der Waals surface area contributed by atoms with Crippen LogP contribution in [-0.2, 0) is 6.54 Å². The molecule has 0 atom stereocenters. The number of hydrogen-bond donors (Lipinski definition) is 2. The third kappa shape index (κ3) is 1.87. The zero-order valence-corrected chi connectivity index (χ0v) is 9.98. The van der Waals surface area contributed by atoms with Crippen molar-refractivity contribution < 1.29 is 5.11 Å². The molecule has 5 heteroatoms. The number of aromatic nitrogens is 2. The summed E-state index contributed by atoms with van der Waals surface area (Å²) in [5, 5.41) is 13.5. The molecular formula is C11H20N4O. The van der Waals surface area contributed by atoms with Crippen LogP contribution in [-0.4, -0.2) is 34.1 Å². The zero-order chi connectivity index (χ0) is 11.7. The molecule has 0 aromatic carbocycles. The highest BCUT2D eigenvalue weighted by Gasteiger charge is 2.32. The third-order valence-corrected chi connectivity index (χ3v) is 3.05. The third-order valence-electron chi connectivity index (χ3n) is 3.05. The standard InChI is InChI=1S/C11H20N4O/c1-3-15-11(10(12)8(2)13-15)14(6-7-16)9-4-5-9/h9,16H,3-7,12H2,1-2H3. The average molecular weight is 224 g/mol. The van der Waals surface area contributed by atoms with Crippen molar-refractivity contribution in [1.82, 2.24) is 9.78 Å². The predicted octanol–water partition coefficient (Wildman–Crippen LogP) is 0.755. The highest BCUT2D eigenvalue weighted by molar-refractivity contribution is 5.67. The number of aliphatic hydroxyl groups is 1. The topological polar surface area (TPSA) is 67.3 Å². The summed E-state index contributed by atoms with van der Waals surface area (Å²) in [6.45, 7) is 5.58. The van der Waals surface area contributed by atoms with Gasteiger partial charge in [0.1, 0.15) is 0 Å². The summed E-state index contributed by atoms with van der Waals surface area (Å²) >= 11 is 0. The molecule has 1 aromatic heterocycles. The fourth-order valence-electron chi connectivity index (χ4n) is 2.06. The lowest BCUT2D eigenvalue weighted by molar-refractivity contribution is 0.300. The summed E-state index contributed by atoms with van der Waals surface area (Å²) in [7, 11) is 0. The molecule has 2 rings (SSSR count). The Kier molecular flexibility index (Phi) is 3.05. The Bertz CT molecular complexity index is 370. The summed E-state index contributed by atoms with van der Waals surface area (Å²) in [5.41, 5.74) is 7.70. The fourth-order valence-corrected chi connectivity index (χ4v) is 2.06. The van der Waals surface area contributed by atoms with Crippen molar-refractivity contribution in [3.05, 3.63) is 5.69 Å². The van der Waals surface area contributed by atoms with Crippen LogP contribution in [0.1, 0.15) is 25.5 Å². The van der Waals surface area contributed by atoms with Crippen LogP contribution in [0.4, 0.5) is 11.5 Å². The minimum Gasteiger partial charge on any atom is -0.395 e. The Balaban J connectivity index is 2.34. The minimum atomic E-state index is 0.157. The number of anilines is 2. The van der Waals surface area contributed by atoms with Gasteiger partial charge in [-0.05, 0) is 26.7 Å². The second-order valence-corrected chi connectivity index (χ2v) is 4.29. The maximum absolute atomic E-state index is 9.12. The molecule has 0 bridgehead atoms. The summed E-state index contributed by atoms with van der Waals surface area (Å²) < 4.78 is 1.93. The van der Waals surface area contributed by atoms with Gasteiger partial charge >= 0.3 is 0 Å². The van der Waals surface area contributed by atoms with Crippen LogP contribution in [0.5, 0.6) is 0 Å². The molecule has 90 valence electrons. The molecule has 1 aromatic rings. The van der Waals surface area contributed by atoms with Gasteiger partial charge in [-0.3, -0.25) is 0 Å². The van der Waals surface area contributed by atoms with Crippen molar-refractivity contribution in [3.8, 4) is 0 Å². The molecule has 0 unspecified atom stereocenters. The first-order valence-corrected chi connectivity index (χ1v) is 5.89. The van der Waals surface area contributed by atoms with E-state index in [1.54, 1.807) is 0 Å². The van der Waals surface area contributed by atoms with Gasteiger partial charge in [-0.2, -0.15) is 5.10 Å². The molecule has 1 saturated carbocycles. The second kappa shape index (κ2) is 4.33. The van der Waals surface area contributed by atoms with Crippen molar-refractivity contribution >= 4 is 11.5 Å². The number of aliphatic hydroxyl groups excluding tert-OH is 1. The van der Waals surface area contributed by atoms with E-state index in [-0.39, 0.29) is 6.61 Å². The molecule has 1 aliphatic carbocycles. The lowest BCUT2D eigenvalue weighted by Gasteiger charge is -2.24. The Hall–Kier alpha value is -1.23. The first-order valence-electron chi connectivity index (χ1n) is 5.89. The van der Waals surface area contributed by atoms with E-state index in [9.17, 15) is 0 Å². The summed E-state index contributed by atoms with van der Waals surface area (Å²) in [6, 6.07) is 0.538. The lowest BCUT2D eigenvalue weighted by Crippen LogP contribution is -2.31. The maximum atomic E-state index is 9.12. The minimum absolute atomic E-state index is 0.157. The number of nitrogens with zero attached hydrogens (tertiary/aromatic N) is 3. The molecule has 5 nitrogen and oxygen atoms in total. The zero-order valence-electron chi connectivity index (χ0n) is 9.98. The van der Waals surface area contributed by atoms with Crippen LogP contribution in [0.3, 0.4) is 0 Å². The number of hydrogen-bond acceptors (Lipinski definition) is 4. The second-order valence-electron chi connectivity index (χ2n) is 4.29. The van der Waals surface area contributed by atoms with Crippen LogP contribution in [0.2, 0.25) is 0 Å². The van der Waals surface area contributed by atoms with Gasteiger partial charge in [0.25, 0.3) is 0 Å². The summed E-state index contributed by atoms with van der Waals surface area (Å²) in [4.78, 5) is 2.19. The van der Waals surface area contributed by atoms with E-state index in [1.807, 2.05) is 11.6 Å². The van der Waals surface area contributed by atoms with E-state index >= 15 is 0 Å².